The zero-order valence-electron chi connectivity index (χ0n) is 10.7. The number of urea groups is 1. The maximum Gasteiger partial charge on any atom is 0.323 e. The second kappa shape index (κ2) is 5.84. The van der Waals surface area contributed by atoms with Crippen LogP contribution in [0.3, 0.4) is 0 Å². The molecule has 0 aliphatic carbocycles. The lowest BCUT2D eigenvalue weighted by Gasteiger charge is -2.10. The van der Waals surface area contributed by atoms with Crippen LogP contribution in [-0.4, -0.2) is 11.0 Å². The van der Waals surface area contributed by atoms with Gasteiger partial charge >= 0.3 is 6.03 Å². The fourth-order valence-corrected chi connectivity index (χ4v) is 2.07. The van der Waals surface area contributed by atoms with Crippen molar-refractivity contribution in [2.75, 3.05) is 10.6 Å². The lowest BCUT2D eigenvalue weighted by atomic mass is 10.2. The molecule has 0 radical (unpaired) electrons. The van der Waals surface area contributed by atoms with Crippen LogP contribution >= 0.6 is 15.9 Å². The lowest BCUT2D eigenvalue weighted by Crippen LogP contribution is -2.20. The molecule has 0 fully saturated rings. The minimum Gasteiger partial charge on any atom is -0.308 e. The first-order valence-electron chi connectivity index (χ1n) is 5.82. The summed E-state index contributed by atoms with van der Waals surface area (Å²) in [7, 11) is 0. The zero-order valence-corrected chi connectivity index (χ0v) is 12.3. The van der Waals surface area contributed by atoms with Crippen molar-refractivity contribution < 1.29 is 4.79 Å². The molecule has 0 atom stereocenters. The molecule has 5 heteroatoms. The van der Waals surface area contributed by atoms with Crippen molar-refractivity contribution in [3.05, 3.63) is 52.3 Å². The highest BCUT2D eigenvalue weighted by Gasteiger charge is 2.06. The van der Waals surface area contributed by atoms with Gasteiger partial charge in [-0.25, -0.2) is 9.78 Å². The van der Waals surface area contributed by atoms with Gasteiger partial charge in [0.2, 0.25) is 0 Å². The summed E-state index contributed by atoms with van der Waals surface area (Å²) in [6, 6.07) is 10.9. The summed E-state index contributed by atoms with van der Waals surface area (Å²) in [6.45, 7) is 3.82. The Morgan fingerprint density at radius 3 is 2.63 bits per heavy atom. The van der Waals surface area contributed by atoms with Gasteiger partial charge in [-0.3, -0.25) is 0 Å². The van der Waals surface area contributed by atoms with E-state index in [1.807, 2.05) is 44.2 Å². The maximum absolute atomic E-state index is 11.9. The minimum absolute atomic E-state index is 0.280. The van der Waals surface area contributed by atoms with Gasteiger partial charge in [0.05, 0.1) is 11.4 Å². The van der Waals surface area contributed by atoms with Crippen LogP contribution in [0, 0.1) is 13.8 Å². The van der Waals surface area contributed by atoms with E-state index in [0.717, 1.165) is 21.5 Å². The van der Waals surface area contributed by atoms with Crippen molar-refractivity contribution in [1.29, 1.82) is 0 Å². The Morgan fingerprint density at radius 1 is 1.16 bits per heavy atom. The molecule has 98 valence electrons. The Kier molecular flexibility index (Phi) is 4.16. The molecule has 2 aromatic rings. The van der Waals surface area contributed by atoms with Gasteiger partial charge in [-0.1, -0.05) is 12.1 Å². The van der Waals surface area contributed by atoms with E-state index >= 15 is 0 Å². The van der Waals surface area contributed by atoms with Gasteiger partial charge < -0.3 is 10.6 Å². The molecule has 1 heterocycles. The molecule has 2 N–H and O–H groups in total. The third-order valence-electron chi connectivity index (χ3n) is 2.58. The van der Waals surface area contributed by atoms with E-state index in [2.05, 4.69) is 31.5 Å². The monoisotopic (exact) mass is 319 g/mol. The first-order valence-corrected chi connectivity index (χ1v) is 6.62. The van der Waals surface area contributed by atoms with Gasteiger partial charge in [-0.05, 0) is 59.6 Å². The van der Waals surface area contributed by atoms with Gasteiger partial charge in [0, 0.05) is 5.69 Å². The first-order chi connectivity index (χ1) is 9.04. The topological polar surface area (TPSA) is 54.0 Å². The van der Waals surface area contributed by atoms with Crippen LogP contribution in [0.2, 0.25) is 0 Å². The van der Waals surface area contributed by atoms with E-state index in [0.29, 0.717) is 5.69 Å². The van der Waals surface area contributed by atoms with Crippen molar-refractivity contribution >= 4 is 33.3 Å². The number of aryl methyl sites for hydroxylation is 2. The Morgan fingerprint density at radius 2 is 1.95 bits per heavy atom. The molecule has 0 unspecified atom stereocenters. The number of aromatic nitrogens is 1. The molecule has 0 spiro atoms. The van der Waals surface area contributed by atoms with Gasteiger partial charge in [0.25, 0.3) is 0 Å². The summed E-state index contributed by atoms with van der Waals surface area (Å²) >= 11 is 3.28. The number of anilines is 2. The van der Waals surface area contributed by atoms with Crippen LogP contribution in [0.25, 0.3) is 0 Å². The summed E-state index contributed by atoms with van der Waals surface area (Å²) in [5.41, 5.74) is 3.31. The molecular weight excluding hydrogens is 306 g/mol. The molecule has 0 saturated heterocycles. The number of pyridine rings is 1. The molecular formula is C14H14BrN3O. The van der Waals surface area contributed by atoms with Crippen molar-refractivity contribution in [1.82, 2.24) is 4.98 Å². The Labute approximate surface area is 120 Å². The molecule has 4 nitrogen and oxygen atoms in total. The molecule has 0 saturated carbocycles. The van der Waals surface area contributed by atoms with Crippen molar-refractivity contribution in [3.63, 3.8) is 0 Å². The number of nitrogens with one attached hydrogen (secondary N) is 2. The quantitative estimate of drug-likeness (QED) is 0.818. The normalized spacial score (nSPS) is 10.1. The number of benzene rings is 1. The van der Waals surface area contributed by atoms with E-state index in [1.165, 1.54) is 0 Å². The molecule has 1 aromatic heterocycles. The average Bonchev–Trinajstić information content (AvgIpc) is 2.33. The van der Waals surface area contributed by atoms with E-state index in [-0.39, 0.29) is 6.03 Å². The summed E-state index contributed by atoms with van der Waals surface area (Å²) in [5.74, 6) is 0. The molecule has 19 heavy (non-hydrogen) atoms. The summed E-state index contributed by atoms with van der Waals surface area (Å²) < 4.78 is 0.745. The first kappa shape index (κ1) is 13.5. The van der Waals surface area contributed by atoms with Gasteiger partial charge in [-0.2, -0.15) is 0 Å². The van der Waals surface area contributed by atoms with Crippen LogP contribution in [0.15, 0.2) is 41.0 Å². The predicted molar refractivity (Wildman–Crippen MR) is 80.5 cm³/mol. The number of rotatable bonds is 2. The van der Waals surface area contributed by atoms with Gasteiger partial charge in [-0.15, -0.1) is 0 Å². The van der Waals surface area contributed by atoms with E-state index in [1.54, 1.807) is 6.07 Å². The SMILES string of the molecule is Cc1cccc(NC(=O)Nc2ccc(Br)nc2C)c1. The molecule has 2 rings (SSSR count). The standard InChI is InChI=1S/C14H14BrN3O/c1-9-4-3-5-11(8-9)17-14(19)18-12-6-7-13(15)16-10(12)2/h3-8H,1-2H3,(H2,17,18,19). The highest BCUT2D eigenvalue weighted by molar-refractivity contribution is 9.10. The largest absolute Gasteiger partial charge is 0.323 e. The smallest absolute Gasteiger partial charge is 0.308 e. The van der Waals surface area contributed by atoms with Gasteiger partial charge in [0.1, 0.15) is 4.60 Å². The van der Waals surface area contributed by atoms with Crippen LogP contribution < -0.4 is 10.6 Å². The number of amides is 2. The third kappa shape index (κ3) is 3.79. The van der Waals surface area contributed by atoms with Crippen molar-refractivity contribution in [2.45, 2.75) is 13.8 Å². The number of carbonyl (C=O) groups is 1. The number of hydrogen-bond acceptors (Lipinski definition) is 2. The van der Waals surface area contributed by atoms with E-state index in [4.69, 9.17) is 0 Å². The van der Waals surface area contributed by atoms with E-state index in [9.17, 15) is 4.79 Å². The lowest BCUT2D eigenvalue weighted by molar-refractivity contribution is 0.262. The fourth-order valence-electron chi connectivity index (χ4n) is 1.67. The van der Waals surface area contributed by atoms with Crippen molar-refractivity contribution in [3.8, 4) is 0 Å². The van der Waals surface area contributed by atoms with Crippen LogP contribution in [0.5, 0.6) is 0 Å². The zero-order chi connectivity index (χ0) is 13.8. The summed E-state index contributed by atoms with van der Waals surface area (Å²) in [4.78, 5) is 16.1. The second-order valence-corrected chi connectivity index (χ2v) is 5.03. The molecule has 0 aliphatic rings. The van der Waals surface area contributed by atoms with Crippen LogP contribution in [-0.2, 0) is 0 Å². The third-order valence-corrected chi connectivity index (χ3v) is 3.02. The Hall–Kier alpha value is -1.88. The second-order valence-electron chi connectivity index (χ2n) is 4.22. The Bertz CT molecular complexity index is 613. The van der Waals surface area contributed by atoms with Gasteiger partial charge in [0.15, 0.2) is 0 Å². The fraction of sp³-hybridized carbons (Fsp3) is 0.143. The maximum atomic E-state index is 11.9. The highest BCUT2D eigenvalue weighted by Crippen LogP contribution is 2.17. The number of carbonyl (C=O) groups excluding carboxylic acids is 1. The number of nitrogens with zero attached hydrogens (tertiary/aromatic N) is 1. The number of hydrogen-bond donors (Lipinski definition) is 2. The molecule has 0 bridgehead atoms. The number of halogens is 1. The highest BCUT2D eigenvalue weighted by atomic mass is 79.9. The molecule has 0 aliphatic heterocycles. The van der Waals surface area contributed by atoms with Crippen molar-refractivity contribution in [2.24, 2.45) is 0 Å². The predicted octanol–water partition coefficient (Wildman–Crippen LogP) is 4.10. The minimum atomic E-state index is -0.280. The summed E-state index contributed by atoms with van der Waals surface area (Å²) in [5, 5.41) is 5.56. The van der Waals surface area contributed by atoms with Crippen LogP contribution in [0.1, 0.15) is 11.3 Å². The molecule has 1 aromatic carbocycles. The Balaban J connectivity index is 2.05. The average molecular weight is 320 g/mol. The molecule has 2 amide bonds. The van der Waals surface area contributed by atoms with E-state index < -0.39 is 0 Å². The summed E-state index contributed by atoms with van der Waals surface area (Å²) in [6.07, 6.45) is 0. The van der Waals surface area contributed by atoms with Crippen LogP contribution in [0.4, 0.5) is 16.2 Å².